The summed E-state index contributed by atoms with van der Waals surface area (Å²) in [5.74, 6) is -0.864. The van der Waals surface area contributed by atoms with Crippen LogP contribution in [0.1, 0.15) is 51.1 Å². The number of aromatic nitrogens is 1. The van der Waals surface area contributed by atoms with Gasteiger partial charge in [0.15, 0.2) is 5.79 Å². The molecule has 4 rings (SSSR count). The Morgan fingerprint density at radius 3 is 2.48 bits per heavy atom. The molecule has 0 N–H and O–H groups in total. The third kappa shape index (κ3) is 3.33. The molecule has 1 aliphatic carbocycles. The van der Waals surface area contributed by atoms with E-state index >= 15 is 0 Å². The van der Waals surface area contributed by atoms with Crippen LogP contribution in [0.3, 0.4) is 0 Å². The number of hydrogen-bond donors (Lipinski definition) is 0. The van der Waals surface area contributed by atoms with Crippen molar-refractivity contribution in [3.8, 4) is 6.07 Å². The van der Waals surface area contributed by atoms with E-state index in [2.05, 4.69) is 20.5 Å². The number of nitrogens with zero attached hydrogens (tertiary/aromatic N) is 2. The van der Waals surface area contributed by atoms with E-state index in [0.29, 0.717) is 13.2 Å². The molecular weight excluding hydrogens is 387 g/mol. The van der Waals surface area contributed by atoms with Gasteiger partial charge in [-0.2, -0.15) is 5.26 Å². The zero-order valence-electron chi connectivity index (χ0n) is 14.5. The Balaban J connectivity index is 0.000000880. The molecule has 2 fully saturated rings. The minimum atomic E-state index is -0.471. The Labute approximate surface area is 155 Å². The molecule has 1 aromatic carbocycles. The predicted molar refractivity (Wildman–Crippen MR) is 97.8 cm³/mol. The summed E-state index contributed by atoms with van der Waals surface area (Å²) in [6.45, 7) is 5.34. The summed E-state index contributed by atoms with van der Waals surface area (Å²) < 4.78 is 28.6. The molecule has 0 amide bonds. The standard InChI is InChI=1S/C17H16BrFN2O2.C2H6/c18-14-10-21(16-8-15(19)11(9-20)7-13(14)16)12-1-3-17(4-2-12)22-5-6-23-17;1-2/h7-8,10,12H,1-6H2;1-2H3. The topological polar surface area (TPSA) is 47.2 Å². The number of halogens is 2. The van der Waals surface area contributed by atoms with Gasteiger partial charge in [0.25, 0.3) is 0 Å². The van der Waals surface area contributed by atoms with Crippen LogP contribution in [0.25, 0.3) is 10.9 Å². The van der Waals surface area contributed by atoms with Gasteiger partial charge in [0.1, 0.15) is 11.9 Å². The highest BCUT2D eigenvalue weighted by molar-refractivity contribution is 9.10. The molecule has 1 aromatic heterocycles. The second-order valence-electron chi connectivity index (χ2n) is 6.18. The van der Waals surface area contributed by atoms with E-state index in [1.54, 1.807) is 6.07 Å². The quantitative estimate of drug-likeness (QED) is 0.642. The number of rotatable bonds is 1. The summed E-state index contributed by atoms with van der Waals surface area (Å²) in [4.78, 5) is 0. The number of nitriles is 1. The van der Waals surface area contributed by atoms with Gasteiger partial charge < -0.3 is 14.0 Å². The van der Waals surface area contributed by atoms with Gasteiger partial charge in [0.2, 0.25) is 0 Å². The van der Waals surface area contributed by atoms with E-state index in [9.17, 15) is 4.39 Å². The summed E-state index contributed by atoms with van der Waals surface area (Å²) in [7, 11) is 0. The summed E-state index contributed by atoms with van der Waals surface area (Å²) in [6, 6.07) is 5.26. The molecule has 0 atom stereocenters. The van der Waals surface area contributed by atoms with Crippen LogP contribution in [0.15, 0.2) is 22.8 Å². The van der Waals surface area contributed by atoms with Crippen LogP contribution >= 0.6 is 15.9 Å². The smallest absolute Gasteiger partial charge is 0.168 e. The first-order chi connectivity index (χ1) is 12.1. The maximum Gasteiger partial charge on any atom is 0.168 e. The Hall–Kier alpha value is -1.42. The Morgan fingerprint density at radius 1 is 1.24 bits per heavy atom. The second-order valence-corrected chi connectivity index (χ2v) is 7.04. The van der Waals surface area contributed by atoms with Gasteiger partial charge in [-0.25, -0.2) is 4.39 Å². The van der Waals surface area contributed by atoms with E-state index in [1.165, 1.54) is 6.07 Å². The normalized spacial score (nSPS) is 19.6. The first-order valence-corrected chi connectivity index (χ1v) is 9.59. The lowest BCUT2D eigenvalue weighted by Crippen LogP contribution is -2.35. The van der Waals surface area contributed by atoms with E-state index < -0.39 is 11.6 Å². The molecular formula is C19H22BrFN2O2. The van der Waals surface area contributed by atoms with Crippen molar-refractivity contribution in [3.63, 3.8) is 0 Å². The SMILES string of the molecule is CC.N#Cc1cc2c(Br)cn(C3CCC4(CC3)OCCO4)c2cc1F. The minimum Gasteiger partial charge on any atom is -0.348 e. The molecule has 1 saturated carbocycles. The maximum absolute atomic E-state index is 14.0. The van der Waals surface area contributed by atoms with Gasteiger partial charge in [0, 0.05) is 34.9 Å². The van der Waals surface area contributed by atoms with E-state index in [1.807, 2.05) is 26.1 Å². The van der Waals surface area contributed by atoms with Crippen molar-refractivity contribution in [1.82, 2.24) is 4.57 Å². The summed E-state index contributed by atoms with van der Waals surface area (Å²) >= 11 is 3.53. The van der Waals surface area contributed by atoms with Crippen molar-refractivity contribution >= 4 is 26.8 Å². The third-order valence-electron chi connectivity index (χ3n) is 4.92. The Morgan fingerprint density at radius 2 is 1.88 bits per heavy atom. The van der Waals surface area contributed by atoms with Crippen molar-refractivity contribution in [3.05, 3.63) is 34.2 Å². The molecule has 1 saturated heterocycles. The van der Waals surface area contributed by atoms with E-state index in [-0.39, 0.29) is 11.6 Å². The van der Waals surface area contributed by atoms with E-state index in [0.717, 1.165) is 41.1 Å². The highest BCUT2D eigenvalue weighted by atomic mass is 79.9. The van der Waals surface area contributed by atoms with Gasteiger partial charge >= 0.3 is 0 Å². The highest BCUT2D eigenvalue weighted by Gasteiger charge is 2.40. The molecule has 25 heavy (non-hydrogen) atoms. The van der Waals surface area contributed by atoms with Crippen molar-refractivity contribution in [2.75, 3.05) is 13.2 Å². The van der Waals surface area contributed by atoms with Crippen LogP contribution in [0.4, 0.5) is 4.39 Å². The molecule has 1 spiro atoms. The second kappa shape index (κ2) is 7.45. The lowest BCUT2D eigenvalue weighted by Gasteiger charge is -2.36. The molecule has 0 unspecified atom stereocenters. The van der Waals surface area contributed by atoms with Crippen molar-refractivity contribution in [1.29, 1.82) is 5.26 Å². The molecule has 1 aliphatic heterocycles. The highest BCUT2D eigenvalue weighted by Crippen LogP contribution is 2.42. The van der Waals surface area contributed by atoms with Crippen LogP contribution in [0.5, 0.6) is 0 Å². The van der Waals surface area contributed by atoms with Crippen molar-refractivity contribution < 1.29 is 13.9 Å². The fourth-order valence-corrected chi connectivity index (χ4v) is 4.26. The molecule has 2 heterocycles. The molecule has 6 heteroatoms. The summed E-state index contributed by atoms with van der Waals surface area (Å²) in [5.41, 5.74) is 0.897. The zero-order valence-corrected chi connectivity index (χ0v) is 16.1. The largest absolute Gasteiger partial charge is 0.348 e. The van der Waals surface area contributed by atoms with E-state index in [4.69, 9.17) is 14.7 Å². The fraction of sp³-hybridized carbons (Fsp3) is 0.526. The number of ether oxygens (including phenoxy) is 2. The number of benzene rings is 1. The van der Waals surface area contributed by atoms with Gasteiger partial charge in [-0.15, -0.1) is 0 Å². The first-order valence-electron chi connectivity index (χ1n) is 8.79. The van der Waals surface area contributed by atoms with Crippen molar-refractivity contribution in [2.45, 2.75) is 51.4 Å². The molecule has 134 valence electrons. The third-order valence-corrected chi connectivity index (χ3v) is 5.55. The fourth-order valence-electron chi connectivity index (χ4n) is 3.72. The van der Waals surface area contributed by atoms with Gasteiger partial charge in [-0.05, 0) is 40.9 Å². The summed E-state index contributed by atoms with van der Waals surface area (Å²) in [6.07, 6.45) is 5.56. The van der Waals surface area contributed by atoms with Crippen LogP contribution in [0, 0.1) is 17.1 Å². The molecule has 2 aromatic rings. The number of hydrogen-bond acceptors (Lipinski definition) is 3. The summed E-state index contributed by atoms with van der Waals surface area (Å²) in [5, 5.41) is 9.87. The predicted octanol–water partition coefficient (Wildman–Crippen LogP) is 5.30. The van der Waals surface area contributed by atoms with Crippen LogP contribution in [0.2, 0.25) is 0 Å². The van der Waals surface area contributed by atoms with Crippen LogP contribution in [-0.4, -0.2) is 23.6 Å². The van der Waals surface area contributed by atoms with Gasteiger partial charge in [-0.1, -0.05) is 13.8 Å². The minimum absolute atomic E-state index is 0.0753. The monoisotopic (exact) mass is 408 g/mol. The average molecular weight is 409 g/mol. The van der Waals surface area contributed by atoms with Crippen LogP contribution in [-0.2, 0) is 9.47 Å². The Kier molecular flexibility index (Phi) is 5.47. The first kappa shape index (κ1) is 18.4. The maximum atomic E-state index is 14.0. The molecule has 4 nitrogen and oxygen atoms in total. The van der Waals surface area contributed by atoms with Crippen LogP contribution < -0.4 is 0 Å². The van der Waals surface area contributed by atoms with Gasteiger partial charge in [0.05, 0.1) is 24.3 Å². The molecule has 2 aliphatic rings. The zero-order chi connectivity index (χ0) is 18.0. The molecule has 0 bridgehead atoms. The van der Waals surface area contributed by atoms with Crippen molar-refractivity contribution in [2.24, 2.45) is 0 Å². The Bertz CT molecular complexity index is 796. The average Bonchev–Trinajstić information content (AvgIpc) is 3.22. The number of fused-ring (bicyclic) bond motifs is 1. The molecule has 0 radical (unpaired) electrons. The van der Waals surface area contributed by atoms with Gasteiger partial charge in [-0.3, -0.25) is 0 Å². The lowest BCUT2D eigenvalue weighted by atomic mass is 9.90. The lowest BCUT2D eigenvalue weighted by molar-refractivity contribution is -0.181.